The maximum atomic E-state index is 13.1. The van der Waals surface area contributed by atoms with E-state index in [9.17, 15) is 4.39 Å². The minimum Gasteiger partial charge on any atom is -0.496 e. The zero-order valence-corrected chi connectivity index (χ0v) is 10.9. The Labute approximate surface area is 103 Å². The van der Waals surface area contributed by atoms with Crippen LogP contribution in [0.15, 0.2) is 18.2 Å². The Balaban J connectivity index is 2.58. The standard InChI is InChI=1S/C14H22FNO/c1-10(2)8-13(16)6-4-11-9-12(15)5-7-14(11)17-3/h5,7,9-10,13H,4,6,8,16H2,1-3H3. The first-order chi connectivity index (χ1) is 8.02. The number of halogens is 1. The first-order valence-electron chi connectivity index (χ1n) is 6.11. The van der Waals surface area contributed by atoms with E-state index < -0.39 is 0 Å². The van der Waals surface area contributed by atoms with E-state index in [4.69, 9.17) is 10.5 Å². The summed E-state index contributed by atoms with van der Waals surface area (Å²) in [4.78, 5) is 0. The molecule has 0 aromatic heterocycles. The Kier molecular flexibility index (Phi) is 5.42. The van der Waals surface area contributed by atoms with E-state index in [1.165, 1.54) is 12.1 Å². The smallest absolute Gasteiger partial charge is 0.123 e. The van der Waals surface area contributed by atoms with Gasteiger partial charge < -0.3 is 10.5 Å². The van der Waals surface area contributed by atoms with E-state index >= 15 is 0 Å². The number of aryl methyl sites for hydroxylation is 1. The summed E-state index contributed by atoms with van der Waals surface area (Å²) >= 11 is 0. The molecule has 0 spiro atoms. The van der Waals surface area contributed by atoms with Gasteiger partial charge in [-0.3, -0.25) is 0 Å². The van der Waals surface area contributed by atoms with Gasteiger partial charge in [0, 0.05) is 6.04 Å². The fourth-order valence-corrected chi connectivity index (χ4v) is 2.01. The van der Waals surface area contributed by atoms with Crippen LogP contribution in [-0.4, -0.2) is 13.2 Å². The average molecular weight is 239 g/mol. The predicted octanol–water partition coefficient (Wildman–Crippen LogP) is 3.14. The molecule has 17 heavy (non-hydrogen) atoms. The van der Waals surface area contributed by atoms with E-state index in [1.54, 1.807) is 13.2 Å². The first-order valence-corrected chi connectivity index (χ1v) is 6.11. The predicted molar refractivity (Wildman–Crippen MR) is 68.7 cm³/mol. The molecule has 2 N–H and O–H groups in total. The molecular weight excluding hydrogens is 217 g/mol. The van der Waals surface area contributed by atoms with Gasteiger partial charge in [-0.15, -0.1) is 0 Å². The third kappa shape index (κ3) is 4.73. The molecule has 1 aromatic carbocycles. The van der Waals surface area contributed by atoms with Crippen LogP contribution in [0.1, 0.15) is 32.3 Å². The molecule has 1 atom stereocenters. The van der Waals surface area contributed by atoms with Gasteiger partial charge in [0.05, 0.1) is 7.11 Å². The highest BCUT2D eigenvalue weighted by atomic mass is 19.1. The molecule has 96 valence electrons. The Morgan fingerprint density at radius 3 is 2.65 bits per heavy atom. The summed E-state index contributed by atoms with van der Waals surface area (Å²) in [5, 5.41) is 0. The molecule has 1 unspecified atom stereocenters. The molecule has 0 radical (unpaired) electrons. The second kappa shape index (κ2) is 6.60. The molecule has 0 bridgehead atoms. The molecule has 0 aliphatic heterocycles. The van der Waals surface area contributed by atoms with Crippen LogP contribution in [0.25, 0.3) is 0 Å². The minimum absolute atomic E-state index is 0.169. The van der Waals surface area contributed by atoms with Crippen molar-refractivity contribution in [3.63, 3.8) is 0 Å². The Bertz CT molecular complexity index is 352. The highest BCUT2D eigenvalue weighted by Crippen LogP contribution is 2.21. The second-order valence-corrected chi connectivity index (χ2v) is 4.88. The van der Waals surface area contributed by atoms with Crippen LogP contribution in [0.2, 0.25) is 0 Å². The lowest BCUT2D eigenvalue weighted by Gasteiger charge is -2.15. The third-order valence-electron chi connectivity index (χ3n) is 2.80. The maximum absolute atomic E-state index is 13.1. The molecule has 1 rings (SSSR count). The van der Waals surface area contributed by atoms with Crippen molar-refractivity contribution in [1.29, 1.82) is 0 Å². The van der Waals surface area contributed by atoms with Crippen molar-refractivity contribution < 1.29 is 9.13 Å². The fraction of sp³-hybridized carbons (Fsp3) is 0.571. The van der Waals surface area contributed by atoms with Crippen molar-refractivity contribution in [3.05, 3.63) is 29.6 Å². The molecule has 0 saturated heterocycles. The summed E-state index contributed by atoms with van der Waals surface area (Å²) in [5.41, 5.74) is 6.91. The zero-order valence-electron chi connectivity index (χ0n) is 10.9. The van der Waals surface area contributed by atoms with Crippen LogP contribution >= 0.6 is 0 Å². The largest absolute Gasteiger partial charge is 0.496 e. The van der Waals surface area contributed by atoms with Gasteiger partial charge in [0.25, 0.3) is 0 Å². The number of methoxy groups -OCH3 is 1. The number of hydrogen-bond donors (Lipinski definition) is 1. The zero-order chi connectivity index (χ0) is 12.8. The molecule has 0 saturated carbocycles. The number of rotatable bonds is 6. The molecule has 0 fully saturated rings. The van der Waals surface area contributed by atoms with E-state index in [0.29, 0.717) is 5.92 Å². The van der Waals surface area contributed by atoms with Gasteiger partial charge in [-0.1, -0.05) is 13.8 Å². The van der Waals surface area contributed by atoms with Crippen LogP contribution in [0.5, 0.6) is 5.75 Å². The normalized spacial score (nSPS) is 12.8. The van der Waals surface area contributed by atoms with Crippen molar-refractivity contribution in [2.45, 2.75) is 39.2 Å². The molecule has 2 nitrogen and oxygen atoms in total. The van der Waals surface area contributed by atoms with Gasteiger partial charge in [0.1, 0.15) is 11.6 Å². The lowest BCUT2D eigenvalue weighted by atomic mass is 9.98. The van der Waals surface area contributed by atoms with Gasteiger partial charge in [-0.25, -0.2) is 4.39 Å². The van der Waals surface area contributed by atoms with E-state index in [-0.39, 0.29) is 11.9 Å². The van der Waals surface area contributed by atoms with Gasteiger partial charge in [0.2, 0.25) is 0 Å². The van der Waals surface area contributed by atoms with Crippen LogP contribution < -0.4 is 10.5 Å². The lowest BCUT2D eigenvalue weighted by Crippen LogP contribution is -2.22. The molecule has 3 heteroatoms. The summed E-state index contributed by atoms with van der Waals surface area (Å²) in [6.07, 6.45) is 2.62. The lowest BCUT2D eigenvalue weighted by molar-refractivity contribution is 0.405. The molecule has 1 aromatic rings. The summed E-state index contributed by atoms with van der Waals surface area (Å²) < 4.78 is 18.3. The summed E-state index contributed by atoms with van der Waals surface area (Å²) in [6.45, 7) is 4.31. The van der Waals surface area contributed by atoms with E-state index in [1.807, 2.05) is 0 Å². The Morgan fingerprint density at radius 2 is 2.06 bits per heavy atom. The number of nitrogens with two attached hydrogens (primary N) is 1. The Hall–Kier alpha value is -1.09. The van der Waals surface area contributed by atoms with Gasteiger partial charge >= 0.3 is 0 Å². The summed E-state index contributed by atoms with van der Waals surface area (Å²) in [5.74, 6) is 1.11. The average Bonchev–Trinajstić information content (AvgIpc) is 2.25. The van der Waals surface area contributed by atoms with Crippen LogP contribution in [0, 0.1) is 11.7 Å². The van der Waals surface area contributed by atoms with E-state index in [2.05, 4.69) is 13.8 Å². The number of ether oxygens (including phenoxy) is 1. The highest BCUT2D eigenvalue weighted by Gasteiger charge is 2.09. The quantitative estimate of drug-likeness (QED) is 0.827. The van der Waals surface area contributed by atoms with Crippen LogP contribution in [0.4, 0.5) is 4.39 Å². The highest BCUT2D eigenvalue weighted by molar-refractivity contribution is 5.34. The summed E-state index contributed by atoms with van der Waals surface area (Å²) in [7, 11) is 1.60. The van der Waals surface area contributed by atoms with Gasteiger partial charge in [-0.05, 0) is 48.9 Å². The van der Waals surface area contributed by atoms with Gasteiger partial charge in [-0.2, -0.15) is 0 Å². The fourth-order valence-electron chi connectivity index (χ4n) is 2.01. The van der Waals surface area contributed by atoms with E-state index in [0.717, 1.165) is 30.6 Å². The number of hydrogen-bond acceptors (Lipinski definition) is 2. The summed E-state index contributed by atoms with van der Waals surface area (Å²) in [6, 6.07) is 4.78. The third-order valence-corrected chi connectivity index (χ3v) is 2.80. The first kappa shape index (κ1) is 14.0. The van der Waals surface area contributed by atoms with Gasteiger partial charge in [0.15, 0.2) is 0 Å². The van der Waals surface area contributed by atoms with Crippen molar-refractivity contribution in [2.24, 2.45) is 11.7 Å². The van der Waals surface area contributed by atoms with Crippen molar-refractivity contribution >= 4 is 0 Å². The molecular formula is C14H22FNO. The van der Waals surface area contributed by atoms with Crippen molar-refractivity contribution in [1.82, 2.24) is 0 Å². The van der Waals surface area contributed by atoms with Crippen molar-refractivity contribution in [3.8, 4) is 5.75 Å². The molecule has 0 aliphatic rings. The van der Waals surface area contributed by atoms with Crippen LogP contribution in [0.3, 0.4) is 0 Å². The van der Waals surface area contributed by atoms with Crippen LogP contribution in [-0.2, 0) is 6.42 Å². The molecule has 0 amide bonds. The Morgan fingerprint density at radius 1 is 1.35 bits per heavy atom. The second-order valence-electron chi connectivity index (χ2n) is 4.88. The monoisotopic (exact) mass is 239 g/mol. The maximum Gasteiger partial charge on any atom is 0.123 e. The topological polar surface area (TPSA) is 35.2 Å². The molecule has 0 aliphatic carbocycles. The van der Waals surface area contributed by atoms with Crippen molar-refractivity contribution in [2.75, 3.05) is 7.11 Å². The SMILES string of the molecule is COc1ccc(F)cc1CCC(N)CC(C)C. The number of benzene rings is 1. The molecule has 0 heterocycles. The minimum atomic E-state index is -0.224.